The molecule has 23 heavy (non-hydrogen) atoms. The lowest BCUT2D eigenvalue weighted by Crippen LogP contribution is -1.93. The normalized spacial score (nSPS) is 10.7. The third-order valence-corrected chi connectivity index (χ3v) is 3.30. The van der Waals surface area contributed by atoms with Crippen LogP contribution in [-0.2, 0) is 0 Å². The quantitative estimate of drug-likeness (QED) is 0.460. The molecule has 0 saturated heterocycles. The van der Waals surface area contributed by atoms with Crippen LogP contribution in [0.5, 0.6) is 5.75 Å². The lowest BCUT2D eigenvalue weighted by Gasteiger charge is -2.02. The lowest BCUT2D eigenvalue weighted by molar-refractivity contribution is -0.385. The molecule has 0 spiro atoms. The summed E-state index contributed by atoms with van der Waals surface area (Å²) in [6.45, 7) is 0. The van der Waals surface area contributed by atoms with E-state index in [0.717, 1.165) is 0 Å². The number of nitrogens with zero attached hydrogens (tertiary/aromatic N) is 2. The summed E-state index contributed by atoms with van der Waals surface area (Å²) in [6, 6.07) is 8.58. The maximum atomic E-state index is 11.1. The molecule has 0 aliphatic carbocycles. The topological polar surface area (TPSA) is 95.5 Å². The van der Waals surface area contributed by atoms with Crippen molar-refractivity contribution >= 4 is 35.1 Å². The minimum Gasteiger partial charge on any atom is -0.497 e. The molecule has 0 bridgehead atoms. The minimum absolute atomic E-state index is 0.155. The number of methoxy groups -OCH3 is 1. The summed E-state index contributed by atoms with van der Waals surface area (Å²) in [5.41, 5.74) is 0.270. The van der Waals surface area contributed by atoms with E-state index in [1.807, 2.05) is 0 Å². The van der Waals surface area contributed by atoms with Crippen LogP contribution in [0, 0.1) is 20.2 Å². The summed E-state index contributed by atoms with van der Waals surface area (Å²) < 4.78 is 4.95. The summed E-state index contributed by atoms with van der Waals surface area (Å²) >= 11 is 5.75. The van der Waals surface area contributed by atoms with E-state index in [9.17, 15) is 20.2 Å². The zero-order chi connectivity index (χ0) is 17.0. The fraction of sp³-hybridized carbons (Fsp3) is 0.0667. The molecule has 0 radical (unpaired) electrons. The maximum Gasteiger partial charge on any atom is 0.280 e. The smallest absolute Gasteiger partial charge is 0.280 e. The van der Waals surface area contributed by atoms with Gasteiger partial charge in [-0.2, -0.15) is 0 Å². The number of rotatable bonds is 5. The van der Waals surface area contributed by atoms with Crippen molar-refractivity contribution < 1.29 is 14.6 Å². The average Bonchev–Trinajstić information content (AvgIpc) is 2.53. The summed E-state index contributed by atoms with van der Waals surface area (Å²) in [5, 5.41) is 22.4. The van der Waals surface area contributed by atoms with Crippen molar-refractivity contribution in [3.05, 3.63) is 72.8 Å². The van der Waals surface area contributed by atoms with E-state index in [4.69, 9.17) is 16.3 Å². The van der Waals surface area contributed by atoms with Crippen molar-refractivity contribution in [3.63, 3.8) is 0 Å². The maximum absolute atomic E-state index is 11.1. The van der Waals surface area contributed by atoms with Gasteiger partial charge >= 0.3 is 0 Å². The zero-order valence-electron chi connectivity index (χ0n) is 11.9. The highest BCUT2D eigenvalue weighted by Gasteiger charge is 2.15. The number of hydrogen-bond acceptors (Lipinski definition) is 5. The Bertz CT molecular complexity index is 804. The molecule has 0 aliphatic heterocycles. The fourth-order valence-electron chi connectivity index (χ4n) is 1.94. The Balaban J connectivity index is 2.45. The number of halogens is 1. The van der Waals surface area contributed by atoms with Crippen LogP contribution in [0.2, 0.25) is 5.02 Å². The monoisotopic (exact) mass is 334 g/mol. The Kier molecular flexibility index (Phi) is 4.92. The molecule has 0 atom stereocenters. The first kappa shape index (κ1) is 16.4. The van der Waals surface area contributed by atoms with Gasteiger partial charge in [0.25, 0.3) is 11.4 Å². The van der Waals surface area contributed by atoms with Gasteiger partial charge in [-0.15, -0.1) is 0 Å². The Morgan fingerprint density at radius 3 is 2.00 bits per heavy atom. The first-order chi connectivity index (χ1) is 10.9. The van der Waals surface area contributed by atoms with Crippen LogP contribution in [0.4, 0.5) is 11.4 Å². The predicted octanol–water partition coefficient (Wildman–Crippen LogP) is 4.34. The number of ether oxygens (including phenoxy) is 1. The molecular formula is C15H11ClN2O5. The van der Waals surface area contributed by atoms with Gasteiger partial charge in [-0.05, 0) is 36.4 Å². The largest absolute Gasteiger partial charge is 0.497 e. The molecule has 118 valence electrons. The molecule has 2 rings (SSSR count). The van der Waals surface area contributed by atoms with Crippen LogP contribution in [0.1, 0.15) is 11.1 Å². The van der Waals surface area contributed by atoms with E-state index in [2.05, 4.69) is 0 Å². The van der Waals surface area contributed by atoms with Gasteiger partial charge in [-0.1, -0.05) is 11.6 Å². The van der Waals surface area contributed by atoms with E-state index in [0.29, 0.717) is 16.9 Å². The predicted molar refractivity (Wildman–Crippen MR) is 86.7 cm³/mol. The van der Waals surface area contributed by atoms with Crippen molar-refractivity contribution in [1.29, 1.82) is 0 Å². The second kappa shape index (κ2) is 6.89. The Morgan fingerprint density at radius 2 is 1.48 bits per heavy atom. The summed E-state index contributed by atoms with van der Waals surface area (Å²) in [6.07, 6.45) is 2.87. The van der Waals surface area contributed by atoms with Crippen molar-refractivity contribution in [1.82, 2.24) is 0 Å². The SMILES string of the molecule is COc1ccc(/C=C/c2ccc(Cl)cc2[N+](=O)[O-])c([N+](=O)[O-])c1. The van der Waals surface area contributed by atoms with E-state index in [1.54, 1.807) is 6.07 Å². The van der Waals surface area contributed by atoms with Gasteiger partial charge in [-0.25, -0.2) is 0 Å². The van der Waals surface area contributed by atoms with Crippen molar-refractivity contribution in [2.24, 2.45) is 0 Å². The van der Waals surface area contributed by atoms with Gasteiger partial charge in [0.15, 0.2) is 0 Å². The first-order valence-corrected chi connectivity index (χ1v) is 6.74. The van der Waals surface area contributed by atoms with Crippen molar-refractivity contribution in [3.8, 4) is 5.75 Å². The second-order valence-electron chi connectivity index (χ2n) is 4.48. The first-order valence-electron chi connectivity index (χ1n) is 6.37. The molecule has 0 aliphatic rings. The molecule has 2 aromatic rings. The van der Waals surface area contributed by atoms with Crippen LogP contribution < -0.4 is 4.74 Å². The summed E-state index contributed by atoms with van der Waals surface area (Å²) in [7, 11) is 1.41. The molecule has 0 fully saturated rings. The molecule has 0 aromatic heterocycles. The molecule has 0 saturated carbocycles. The highest BCUT2D eigenvalue weighted by atomic mass is 35.5. The molecular weight excluding hydrogens is 324 g/mol. The van der Waals surface area contributed by atoms with Crippen LogP contribution >= 0.6 is 11.6 Å². The van der Waals surface area contributed by atoms with E-state index < -0.39 is 9.85 Å². The van der Waals surface area contributed by atoms with Gasteiger partial charge in [-0.3, -0.25) is 20.2 Å². The van der Waals surface area contributed by atoms with E-state index in [-0.39, 0.29) is 16.4 Å². The van der Waals surface area contributed by atoms with Gasteiger partial charge < -0.3 is 4.74 Å². The third kappa shape index (κ3) is 3.83. The second-order valence-corrected chi connectivity index (χ2v) is 4.91. The molecule has 0 amide bonds. The molecule has 8 heteroatoms. The highest BCUT2D eigenvalue weighted by molar-refractivity contribution is 6.30. The van der Waals surface area contributed by atoms with Crippen LogP contribution in [0.3, 0.4) is 0 Å². The average molecular weight is 335 g/mol. The Hall–Kier alpha value is -2.93. The van der Waals surface area contributed by atoms with Gasteiger partial charge in [0.05, 0.1) is 34.1 Å². The standard InChI is InChI=1S/C15H11ClN2O5/c1-23-13-7-5-11(15(9-13)18(21)22)3-2-10-4-6-12(16)8-14(10)17(19)20/h2-9H,1H3/b3-2+. The number of hydrogen-bond donors (Lipinski definition) is 0. The van der Waals surface area contributed by atoms with Crippen molar-refractivity contribution in [2.45, 2.75) is 0 Å². The van der Waals surface area contributed by atoms with Gasteiger partial charge in [0.1, 0.15) is 5.75 Å². The highest BCUT2D eigenvalue weighted by Crippen LogP contribution is 2.28. The molecule has 7 nitrogen and oxygen atoms in total. The van der Waals surface area contributed by atoms with E-state index >= 15 is 0 Å². The van der Waals surface area contributed by atoms with Gasteiger partial charge in [0, 0.05) is 11.1 Å². The Labute approximate surface area is 136 Å². The number of nitro groups is 2. The molecule has 0 heterocycles. The zero-order valence-corrected chi connectivity index (χ0v) is 12.7. The van der Waals surface area contributed by atoms with Crippen LogP contribution in [0.25, 0.3) is 12.2 Å². The lowest BCUT2D eigenvalue weighted by atomic mass is 10.1. The van der Waals surface area contributed by atoms with E-state index in [1.165, 1.54) is 49.6 Å². The van der Waals surface area contributed by atoms with Crippen LogP contribution in [-0.4, -0.2) is 17.0 Å². The minimum atomic E-state index is -0.562. The van der Waals surface area contributed by atoms with Gasteiger partial charge in [0.2, 0.25) is 0 Å². The summed E-state index contributed by atoms with van der Waals surface area (Å²) in [4.78, 5) is 21.0. The van der Waals surface area contributed by atoms with Crippen molar-refractivity contribution in [2.75, 3.05) is 7.11 Å². The third-order valence-electron chi connectivity index (χ3n) is 3.07. The Morgan fingerprint density at radius 1 is 0.957 bits per heavy atom. The number of nitro benzene ring substituents is 2. The molecule has 2 aromatic carbocycles. The number of benzene rings is 2. The summed E-state index contributed by atoms with van der Waals surface area (Å²) in [5.74, 6) is 0.353. The molecule has 0 N–H and O–H groups in total. The van der Waals surface area contributed by atoms with Crippen LogP contribution in [0.15, 0.2) is 36.4 Å². The fourth-order valence-corrected chi connectivity index (χ4v) is 2.11. The molecule has 0 unspecified atom stereocenters.